The van der Waals surface area contributed by atoms with Crippen LogP contribution in [0.15, 0.2) is 94.7 Å². The van der Waals surface area contributed by atoms with E-state index in [1.54, 1.807) is 49.4 Å². The van der Waals surface area contributed by atoms with Crippen LogP contribution in [0.1, 0.15) is 21.6 Å². The van der Waals surface area contributed by atoms with E-state index in [0.717, 1.165) is 5.56 Å². The predicted molar refractivity (Wildman–Crippen MR) is 115 cm³/mol. The van der Waals surface area contributed by atoms with Crippen LogP contribution in [0.4, 0.5) is 0 Å². The average Bonchev–Trinajstić information content (AvgIpc) is 3.06. The normalized spacial score (nSPS) is 12.5. The fourth-order valence-electron chi connectivity index (χ4n) is 4.05. The molecule has 0 unspecified atom stereocenters. The first kappa shape index (κ1) is 18.5. The first-order valence-corrected chi connectivity index (χ1v) is 11.0. The van der Waals surface area contributed by atoms with E-state index in [-0.39, 0.29) is 15.6 Å². The molecule has 1 aliphatic rings. The molecule has 5 rings (SSSR count). The predicted octanol–water partition coefficient (Wildman–Crippen LogP) is 5.10. The van der Waals surface area contributed by atoms with Crippen molar-refractivity contribution in [3.8, 4) is 22.4 Å². The molecule has 0 spiro atoms. The van der Waals surface area contributed by atoms with Crippen molar-refractivity contribution in [2.24, 2.45) is 0 Å². The van der Waals surface area contributed by atoms with Crippen molar-refractivity contribution in [2.45, 2.75) is 16.7 Å². The number of hydrogen-bond donors (Lipinski definition) is 0. The number of hydrogen-bond acceptors (Lipinski definition) is 4. The maximum atomic E-state index is 13.7. The lowest BCUT2D eigenvalue weighted by Crippen LogP contribution is -2.12. The number of sulfone groups is 1. The summed E-state index contributed by atoms with van der Waals surface area (Å²) in [6.07, 6.45) is 0. The van der Waals surface area contributed by atoms with Crippen molar-refractivity contribution in [3.05, 3.63) is 102 Å². The van der Waals surface area contributed by atoms with Crippen molar-refractivity contribution in [1.82, 2.24) is 4.98 Å². The number of rotatable bonds is 3. The number of carbonyl (C=O) groups excluding carboxylic acids is 1. The largest absolute Gasteiger partial charge is 0.288 e. The Balaban J connectivity index is 1.92. The van der Waals surface area contributed by atoms with Gasteiger partial charge in [-0.25, -0.2) is 8.42 Å². The number of benzene rings is 3. The summed E-state index contributed by atoms with van der Waals surface area (Å²) in [5.41, 5.74) is 3.65. The van der Waals surface area contributed by atoms with E-state index in [4.69, 9.17) is 0 Å². The third kappa shape index (κ3) is 2.63. The van der Waals surface area contributed by atoms with Gasteiger partial charge < -0.3 is 0 Å². The fourth-order valence-corrected chi connectivity index (χ4v) is 5.73. The lowest BCUT2D eigenvalue weighted by molar-refractivity contribution is 0.104. The SMILES string of the molecule is Cc1nc2c(c(-c3ccccc3)c1S(=O)(=O)c1ccccc1)C(=O)c1ccccc1-2. The second-order valence-corrected chi connectivity index (χ2v) is 9.07. The van der Waals surface area contributed by atoms with Gasteiger partial charge in [-0.1, -0.05) is 72.8 Å². The zero-order valence-electron chi connectivity index (χ0n) is 16.2. The lowest BCUT2D eigenvalue weighted by atomic mass is 9.97. The lowest BCUT2D eigenvalue weighted by Gasteiger charge is -2.17. The van der Waals surface area contributed by atoms with Crippen molar-refractivity contribution < 1.29 is 13.2 Å². The van der Waals surface area contributed by atoms with Crippen LogP contribution in [0.2, 0.25) is 0 Å². The van der Waals surface area contributed by atoms with E-state index in [9.17, 15) is 13.2 Å². The number of ketones is 1. The molecule has 0 saturated carbocycles. The fraction of sp³-hybridized carbons (Fsp3) is 0.0400. The molecule has 0 amide bonds. The Hall–Kier alpha value is -3.57. The van der Waals surface area contributed by atoms with Gasteiger partial charge in [-0.05, 0) is 24.6 Å². The molecule has 30 heavy (non-hydrogen) atoms. The van der Waals surface area contributed by atoms with Crippen LogP contribution >= 0.6 is 0 Å². The van der Waals surface area contributed by atoms with Gasteiger partial charge >= 0.3 is 0 Å². The molecule has 4 aromatic rings. The summed E-state index contributed by atoms with van der Waals surface area (Å²) in [6.45, 7) is 1.69. The molecular formula is C25H17NO3S. The molecule has 0 bridgehead atoms. The summed E-state index contributed by atoms with van der Waals surface area (Å²) in [6, 6.07) is 24.7. The Morgan fingerprint density at radius 3 is 1.93 bits per heavy atom. The van der Waals surface area contributed by atoms with Gasteiger partial charge in [-0.15, -0.1) is 0 Å². The minimum atomic E-state index is -3.90. The third-order valence-electron chi connectivity index (χ3n) is 5.36. The smallest absolute Gasteiger partial charge is 0.209 e. The Kier molecular flexibility index (Phi) is 4.15. The van der Waals surface area contributed by atoms with Crippen LogP contribution in [0, 0.1) is 6.92 Å². The van der Waals surface area contributed by atoms with Gasteiger partial charge in [0.2, 0.25) is 9.84 Å². The Morgan fingerprint density at radius 1 is 0.700 bits per heavy atom. The molecule has 1 aliphatic carbocycles. The van der Waals surface area contributed by atoms with Crippen LogP contribution in [0.5, 0.6) is 0 Å². The molecule has 0 atom stereocenters. The Labute approximate surface area is 174 Å². The number of aryl methyl sites for hydroxylation is 1. The van der Waals surface area contributed by atoms with Crippen molar-refractivity contribution in [3.63, 3.8) is 0 Å². The molecule has 1 aromatic heterocycles. The summed E-state index contributed by atoms with van der Waals surface area (Å²) in [5.74, 6) is -0.198. The number of nitrogens with zero attached hydrogens (tertiary/aromatic N) is 1. The monoisotopic (exact) mass is 411 g/mol. The van der Waals surface area contributed by atoms with Crippen molar-refractivity contribution in [1.29, 1.82) is 0 Å². The zero-order valence-corrected chi connectivity index (χ0v) is 17.0. The van der Waals surface area contributed by atoms with Crippen molar-refractivity contribution >= 4 is 15.6 Å². The van der Waals surface area contributed by atoms with E-state index in [1.807, 2.05) is 42.5 Å². The Morgan fingerprint density at radius 2 is 1.27 bits per heavy atom. The molecule has 0 saturated heterocycles. The molecule has 0 fully saturated rings. The number of aromatic nitrogens is 1. The van der Waals surface area contributed by atoms with Gasteiger partial charge in [0, 0.05) is 16.7 Å². The van der Waals surface area contributed by atoms with Crippen LogP contribution in [-0.4, -0.2) is 19.2 Å². The first-order chi connectivity index (χ1) is 14.5. The van der Waals surface area contributed by atoms with Gasteiger partial charge in [0.1, 0.15) is 4.90 Å². The maximum Gasteiger partial charge on any atom is 0.209 e. The van der Waals surface area contributed by atoms with E-state index >= 15 is 0 Å². The van der Waals surface area contributed by atoms with Gasteiger partial charge in [-0.3, -0.25) is 9.78 Å². The average molecular weight is 411 g/mol. The molecule has 5 heteroatoms. The molecule has 0 N–H and O–H groups in total. The summed E-state index contributed by atoms with van der Waals surface area (Å²) in [5, 5.41) is 0. The number of fused-ring (bicyclic) bond motifs is 3. The summed E-state index contributed by atoms with van der Waals surface area (Å²) in [7, 11) is -3.90. The summed E-state index contributed by atoms with van der Waals surface area (Å²) in [4.78, 5) is 18.3. The minimum absolute atomic E-state index is 0.0832. The summed E-state index contributed by atoms with van der Waals surface area (Å²) >= 11 is 0. The zero-order chi connectivity index (χ0) is 20.9. The van der Waals surface area contributed by atoms with Gasteiger partial charge in [0.05, 0.1) is 21.8 Å². The van der Waals surface area contributed by atoms with E-state index in [0.29, 0.717) is 33.6 Å². The summed E-state index contributed by atoms with van der Waals surface area (Å²) < 4.78 is 27.4. The van der Waals surface area contributed by atoms with Crippen LogP contribution in [-0.2, 0) is 9.84 Å². The first-order valence-electron chi connectivity index (χ1n) is 9.54. The molecular weight excluding hydrogens is 394 g/mol. The number of carbonyl (C=O) groups is 1. The van der Waals surface area contributed by atoms with E-state index in [2.05, 4.69) is 4.98 Å². The van der Waals surface area contributed by atoms with Gasteiger partial charge in [-0.2, -0.15) is 0 Å². The van der Waals surface area contributed by atoms with Gasteiger partial charge in [0.15, 0.2) is 5.78 Å². The highest BCUT2D eigenvalue weighted by atomic mass is 32.2. The Bertz CT molecular complexity index is 1410. The van der Waals surface area contributed by atoms with Crippen LogP contribution in [0.25, 0.3) is 22.4 Å². The molecule has 3 aromatic carbocycles. The van der Waals surface area contributed by atoms with E-state index < -0.39 is 9.84 Å². The second kappa shape index (κ2) is 6.75. The van der Waals surface area contributed by atoms with Gasteiger partial charge in [0.25, 0.3) is 0 Å². The third-order valence-corrected chi connectivity index (χ3v) is 7.29. The molecule has 1 heterocycles. The molecule has 4 nitrogen and oxygen atoms in total. The topological polar surface area (TPSA) is 64.1 Å². The molecule has 0 aliphatic heterocycles. The second-order valence-electron chi connectivity index (χ2n) is 7.18. The number of pyridine rings is 1. The van der Waals surface area contributed by atoms with Crippen molar-refractivity contribution in [2.75, 3.05) is 0 Å². The highest BCUT2D eigenvalue weighted by Gasteiger charge is 2.36. The van der Waals surface area contributed by atoms with Crippen LogP contribution in [0.3, 0.4) is 0 Å². The minimum Gasteiger partial charge on any atom is -0.288 e. The standard InChI is InChI=1S/C25H17NO3S/c1-16-25(30(28,29)18-12-6-3-7-13-18)21(17-10-4-2-5-11-17)22-23(26-16)19-14-8-9-15-20(19)24(22)27/h2-15H,1H3. The van der Waals surface area contributed by atoms with Crippen LogP contribution < -0.4 is 0 Å². The molecule has 0 radical (unpaired) electrons. The maximum absolute atomic E-state index is 13.7. The highest BCUT2D eigenvalue weighted by molar-refractivity contribution is 7.91. The highest BCUT2D eigenvalue weighted by Crippen LogP contribution is 2.45. The quantitative estimate of drug-likeness (QED) is 0.414. The van der Waals surface area contributed by atoms with E-state index in [1.165, 1.54) is 0 Å². The molecule has 146 valence electrons.